The molecular weight excluding hydrogens is 296 g/mol. The number of amides is 1. The molecule has 1 aromatic carbocycles. The number of benzene rings is 1. The van der Waals surface area contributed by atoms with Crippen LogP contribution in [0.4, 0.5) is 5.69 Å². The van der Waals surface area contributed by atoms with Gasteiger partial charge >= 0.3 is 0 Å². The number of carbonyl (C=O) groups is 1. The van der Waals surface area contributed by atoms with Crippen LogP contribution >= 0.6 is 0 Å². The van der Waals surface area contributed by atoms with Crippen LogP contribution < -0.4 is 5.32 Å². The number of hydrogen-bond acceptors (Lipinski definition) is 2. The van der Waals surface area contributed by atoms with Crippen molar-refractivity contribution in [3.05, 3.63) is 29.8 Å². The largest absolute Gasteiger partial charge is 0.325 e. The summed E-state index contributed by atoms with van der Waals surface area (Å²) in [5, 5.41) is 3.06. The van der Waals surface area contributed by atoms with Crippen molar-refractivity contribution in [1.82, 2.24) is 4.90 Å². The van der Waals surface area contributed by atoms with E-state index >= 15 is 0 Å². The Balaban J connectivity index is 2.45. The molecule has 0 aliphatic carbocycles. The maximum atomic E-state index is 12.4. The van der Waals surface area contributed by atoms with Gasteiger partial charge in [0.1, 0.15) is 0 Å². The van der Waals surface area contributed by atoms with E-state index in [4.69, 9.17) is 0 Å². The molecule has 0 saturated carbocycles. The van der Waals surface area contributed by atoms with Crippen LogP contribution in [0, 0.1) is 6.92 Å². The average molecular weight is 333 g/mol. The summed E-state index contributed by atoms with van der Waals surface area (Å²) in [5.74, 6) is 0.107. The normalized spacial score (nSPS) is 11.0. The van der Waals surface area contributed by atoms with E-state index < -0.39 is 0 Å². The molecule has 0 aromatic heterocycles. The fraction of sp³-hybridized carbons (Fsp3) is 0.667. The Bertz CT molecular complexity index is 447. The van der Waals surface area contributed by atoms with Gasteiger partial charge in [0.05, 0.1) is 6.54 Å². The number of unbranched alkanes of at least 4 members (excludes halogenated alkanes) is 6. The lowest BCUT2D eigenvalue weighted by molar-refractivity contribution is -0.117. The van der Waals surface area contributed by atoms with Crippen molar-refractivity contribution >= 4 is 11.6 Å². The second kappa shape index (κ2) is 13.0. The number of hydrogen-bond donors (Lipinski definition) is 1. The van der Waals surface area contributed by atoms with Crippen LogP contribution in [-0.4, -0.2) is 30.4 Å². The van der Waals surface area contributed by atoms with Crippen LogP contribution in [0.2, 0.25) is 0 Å². The predicted octanol–water partition coefficient (Wildman–Crippen LogP) is 5.40. The summed E-state index contributed by atoms with van der Waals surface area (Å²) in [6.07, 6.45) is 10.0. The van der Waals surface area contributed by atoms with Gasteiger partial charge in [-0.05, 0) is 44.5 Å². The van der Waals surface area contributed by atoms with Crippen LogP contribution in [0.3, 0.4) is 0 Å². The van der Waals surface area contributed by atoms with E-state index in [0.717, 1.165) is 24.3 Å². The molecule has 0 aliphatic heterocycles. The molecule has 3 nitrogen and oxygen atoms in total. The molecule has 0 fully saturated rings. The molecule has 1 amide bonds. The number of rotatable bonds is 13. The van der Waals surface area contributed by atoms with E-state index in [0.29, 0.717) is 6.54 Å². The summed E-state index contributed by atoms with van der Waals surface area (Å²) in [6, 6.07) is 7.97. The lowest BCUT2D eigenvalue weighted by atomic mass is 10.1. The number of carbonyl (C=O) groups excluding carboxylic acids is 1. The number of para-hydroxylation sites is 1. The molecule has 0 spiro atoms. The van der Waals surface area contributed by atoms with Gasteiger partial charge in [-0.3, -0.25) is 9.69 Å². The van der Waals surface area contributed by atoms with E-state index in [2.05, 4.69) is 24.1 Å². The van der Waals surface area contributed by atoms with Crippen LogP contribution in [-0.2, 0) is 4.79 Å². The maximum Gasteiger partial charge on any atom is 0.238 e. The first-order valence-corrected chi connectivity index (χ1v) is 9.75. The Labute approximate surface area is 148 Å². The van der Waals surface area contributed by atoms with Gasteiger partial charge < -0.3 is 5.32 Å². The monoisotopic (exact) mass is 332 g/mol. The average Bonchev–Trinajstić information content (AvgIpc) is 2.57. The first-order valence-electron chi connectivity index (χ1n) is 9.75. The molecule has 3 heteroatoms. The van der Waals surface area contributed by atoms with Gasteiger partial charge in [-0.2, -0.15) is 0 Å². The van der Waals surface area contributed by atoms with E-state index in [1.54, 1.807) is 0 Å². The number of nitrogens with one attached hydrogen (secondary N) is 1. The van der Waals surface area contributed by atoms with Crippen molar-refractivity contribution in [2.75, 3.05) is 25.0 Å². The minimum Gasteiger partial charge on any atom is -0.325 e. The summed E-state index contributed by atoms with van der Waals surface area (Å²) in [6.45, 7) is 9.08. The Morgan fingerprint density at radius 1 is 0.917 bits per heavy atom. The third-order valence-corrected chi connectivity index (χ3v) is 4.44. The molecule has 0 bridgehead atoms. The Morgan fingerprint density at radius 2 is 1.50 bits per heavy atom. The summed E-state index contributed by atoms with van der Waals surface area (Å²) in [5.41, 5.74) is 2.04. The van der Waals surface area contributed by atoms with E-state index in [9.17, 15) is 4.79 Å². The highest BCUT2D eigenvalue weighted by Gasteiger charge is 2.11. The first-order chi connectivity index (χ1) is 11.7. The summed E-state index contributed by atoms with van der Waals surface area (Å²) in [4.78, 5) is 14.7. The lowest BCUT2D eigenvalue weighted by Gasteiger charge is -2.22. The molecule has 0 atom stereocenters. The van der Waals surface area contributed by atoms with E-state index in [1.807, 2.05) is 31.2 Å². The number of nitrogens with zero attached hydrogens (tertiary/aromatic N) is 1. The van der Waals surface area contributed by atoms with Crippen molar-refractivity contribution in [2.24, 2.45) is 0 Å². The predicted molar refractivity (Wildman–Crippen MR) is 105 cm³/mol. The van der Waals surface area contributed by atoms with Gasteiger partial charge in [-0.1, -0.05) is 70.6 Å². The topological polar surface area (TPSA) is 32.3 Å². The highest BCUT2D eigenvalue weighted by atomic mass is 16.2. The molecule has 0 radical (unpaired) electrons. The Morgan fingerprint density at radius 3 is 2.04 bits per heavy atom. The second-order valence-corrected chi connectivity index (χ2v) is 6.76. The maximum absolute atomic E-state index is 12.4. The van der Waals surface area contributed by atoms with Gasteiger partial charge in [0, 0.05) is 5.69 Å². The molecule has 24 heavy (non-hydrogen) atoms. The molecule has 1 rings (SSSR count). The van der Waals surface area contributed by atoms with Crippen LogP contribution in [0.15, 0.2) is 24.3 Å². The molecule has 136 valence electrons. The van der Waals surface area contributed by atoms with Crippen molar-refractivity contribution in [1.29, 1.82) is 0 Å². The van der Waals surface area contributed by atoms with Crippen LogP contribution in [0.5, 0.6) is 0 Å². The van der Waals surface area contributed by atoms with Gasteiger partial charge in [-0.15, -0.1) is 0 Å². The molecule has 0 unspecified atom stereocenters. The summed E-state index contributed by atoms with van der Waals surface area (Å²) in [7, 11) is 0. The standard InChI is InChI=1S/C21H36N2O/c1-4-6-8-12-16-23(17-13-9-7-5-2)18-21(24)22-20-15-11-10-14-19(20)3/h10-11,14-15H,4-9,12-13,16-18H2,1-3H3,(H,22,24). The number of anilines is 1. The zero-order valence-electron chi connectivity index (χ0n) is 15.9. The van der Waals surface area contributed by atoms with Crippen LogP contribution in [0.1, 0.15) is 70.8 Å². The van der Waals surface area contributed by atoms with Crippen LogP contribution in [0.25, 0.3) is 0 Å². The molecule has 0 saturated heterocycles. The highest BCUT2D eigenvalue weighted by molar-refractivity contribution is 5.92. The SMILES string of the molecule is CCCCCCN(CCCCCC)CC(=O)Nc1ccccc1C. The van der Waals surface area contributed by atoms with Crippen molar-refractivity contribution < 1.29 is 4.79 Å². The first kappa shape index (κ1) is 20.7. The van der Waals surface area contributed by atoms with Gasteiger partial charge in [0.25, 0.3) is 0 Å². The zero-order valence-corrected chi connectivity index (χ0v) is 15.9. The Kier molecular flexibility index (Phi) is 11.2. The quantitative estimate of drug-likeness (QED) is 0.491. The third kappa shape index (κ3) is 9.07. The number of aryl methyl sites for hydroxylation is 1. The summed E-state index contributed by atoms with van der Waals surface area (Å²) < 4.78 is 0. The molecular formula is C21H36N2O. The second-order valence-electron chi connectivity index (χ2n) is 6.76. The van der Waals surface area contributed by atoms with E-state index in [-0.39, 0.29) is 5.91 Å². The minimum atomic E-state index is 0.107. The molecule has 0 aliphatic rings. The van der Waals surface area contributed by atoms with Gasteiger partial charge in [-0.25, -0.2) is 0 Å². The van der Waals surface area contributed by atoms with Crippen molar-refractivity contribution in [3.8, 4) is 0 Å². The molecule has 0 heterocycles. The highest BCUT2D eigenvalue weighted by Crippen LogP contribution is 2.13. The smallest absolute Gasteiger partial charge is 0.238 e. The minimum absolute atomic E-state index is 0.107. The summed E-state index contributed by atoms with van der Waals surface area (Å²) >= 11 is 0. The lowest BCUT2D eigenvalue weighted by Crippen LogP contribution is -2.35. The van der Waals surface area contributed by atoms with Gasteiger partial charge in [0.2, 0.25) is 5.91 Å². The van der Waals surface area contributed by atoms with E-state index in [1.165, 1.54) is 51.4 Å². The fourth-order valence-electron chi connectivity index (χ4n) is 2.90. The van der Waals surface area contributed by atoms with Gasteiger partial charge in [0.15, 0.2) is 0 Å². The molecule has 1 N–H and O–H groups in total. The third-order valence-electron chi connectivity index (χ3n) is 4.44. The zero-order chi connectivity index (χ0) is 17.6. The van der Waals surface area contributed by atoms with Crippen molar-refractivity contribution in [3.63, 3.8) is 0 Å². The Hall–Kier alpha value is -1.35. The fourth-order valence-corrected chi connectivity index (χ4v) is 2.90. The molecule has 1 aromatic rings. The van der Waals surface area contributed by atoms with Crippen molar-refractivity contribution in [2.45, 2.75) is 72.1 Å².